The number of allylic oxidation sites excluding steroid dienone is 3. The van der Waals surface area contributed by atoms with Crippen molar-refractivity contribution in [3.63, 3.8) is 0 Å². The molecule has 0 aliphatic carbocycles. The Morgan fingerprint density at radius 2 is 1.54 bits per heavy atom. The molecule has 2 rings (SSSR count). The lowest BCUT2D eigenvalue weighted by Gasteiger charge is -2.23. The van der Waals surface area contributed by atoms with Gasteiger partial charge in [0, 0.05) is 36.7 Å². The Morgan fingerprint density at radius 3 is 2.05 bits per heavy atom. The van der Waals surface area contributed by atoms with E-state index in [9.17, 15) is 9.59 Å². The van der Waals surface area contributed by atoms with Gasteiger partial charge in [0.15, 0.2) is 0 Å². The predicted octanol–water partition coefficient (Wildman–Crippen LogP) is 7.34. The maximum atomic E-state index is 12.4. The number of amides is 2. The highest BCUT2D eigenvalue weighted by Gasteiger charge is 2.16. The molecule has 2 aromatic rings. The number of benzene rings is 1. The van der Waals surface area contributed by atoms with Gasteiger partial charge < -0.3 is 11.1 Å². The first-order chi connectivity index (χ1) is 17.5. The number of anilines is 2. The summed E-state index contributed by atoms with van der Waals surface area (Å²) < 4.78 is 0. The van der Waals surface area contributed by atoms with Gasteiger partial charge >= 0.3 is 0 Å². The van der Waals surface area contributed by atoms with Crippen LogP contribution in [0.3, 0.4) is 0 Å². The van der Waals surface area contributed by atoms with Crippen LogP contribution in [0.1, 0.15) is 97.9 Å². The number of carbonyl (C=O) groups is 2. The molecule has 0 spiro atoms. The number of nitrogens with one attached hydrogen (secondary N) is 1. The number of unbranched alkanes of at least 4 members (excludes halogenated alkanes) is 3. The van der Waals surface area contributed by atoms with E-state index < -0.39 is 0 Å². The van der Waals surface area contributed by atoms with E-state index in [0.29, 0.717) is 24.5 Å². The van der Waals surface area contributed by atoms with Crippen molar-refractivity contribution in [1.82, 2.24) is 15.3 Å². The first kappa shape index (κ1) is 35.7. The molecule has 0 aliphatic rings. The van der Waals surface area contributed by atoms with Gasteiger partial charge in [-0.25, -0.2) is 9.97 Å². The van der Waals surface area contributed by atoms with Crippen LogP contribution >= 0.6 is 0 Å². The van der Waals surface area contributed by atoms with E-state index in [2.05, 4.69) is 29.1 Å². The molecule has 0 saturated carbocycles. The fourth-order valence-corrected chi connectivity index (χ4v) is 3.06. The minimum atomic E-state index is -0.269. The highest BCUT2D eigenvalue weighted by Crippen LogP contribution is 2.27. The summed E-state index contributed by atoms with van der Waals surface area (Å²) >= 11 is 0. The topological polar surface area (TPSA) is 101 Å². The second-order valence-corrected chi connectivity index (χ2v) is 7.75. The van der Waals surface area contributed by atoms with Crippen LogP contribution in [0.4, 0.5) is 11.6 Å². The van der Waals surface area contributed by atoms with Gasteiger partial charge in [0.25, 0.3) is 5.91 Å². The van der Waals surface area contributed by atoms with Gasteiger partial charge in [0.2, 0.25) is 11.9 Å². The van der Waals surface area contributed by atoms with E-state index in [1.807, 2.05) is 81.2 Å². The van der Waals surface area contributed by atoms with Crippen molar-refractivity contribution in [2.75, 3.05) is 11.4 Å². The zero-order chi connectivity index (χ0) is 27.2. The number of primary amides is 1. The fraction of sp³-hybridized carbons (Fsp3) is 0.467. The highest BCUT2D eigenvalue weighted by atomic mass is 16.2. The molecular formula is C30H49N5O2. The van der Waals surface area contributed by atoms with Crippen LogP contribution in [0.5, 0.6) is 0 Å². The molecule has 0 unspecified atom stereocenters. The molecule has 7 heteroatoms. The van der Waals surface area contributed by atoms with E-state index in [0.717, 1.165) is 37.1 Å². The van der Waals surface area contributed by atoms with E-state index in [1.165, 1.54) is 6.42 Å². The second-order valence-electron chi connectivity index (χ2n) is 7.75. The maximum Gasteiger partial charge on any atom is 0.254 e. The van der Waals surface area contributed by atoms with Crippen molar-refractivity contribution in [2.45, 2.75) is 87.5 Å². The van der Waals surface area contributed by atoms with Crippen LogP contribution in [-0.4, -0.2) is 28.3 Å². The summed E-state index contributed by atoms with van der Waals surface area (Å²) in [4.78, 5) is 33.9. The van der Waals surface area contributed by atoms with Crippen LogP contribution in [0, 0.1) is 0 Å². The number of nitrogens with zero attached hydrogens (tertiary/aromatic N) is 3. The zero-order valence-corrected chi connectivity index (χ0v) is 23.0. The van der Waals surface area contributed by atoms with Crippen molar-refractivity contribution in [3.05, 3.63) is 72.2 Å². The Hall–Kier alpha value is -3.48. The van der Waals surface area contributed by atoms with Crippen molar-refractivity contribution >= 4 is 23.5 Å². The van der Waals surface area contributed by atoms with E-state index in [-0.39, 0.29) is 19.2 Å². The molecule has 0 fully saturated rings. The van der Waals surface area contributed by atoms with Crippen LogP contribution in [0.25, 0.3) is 0 Å². The average molecular weight is 512 g/mol. The standard InChI is InChI=1S/C24H31N5O2.C3H8.C2H6.CH4/c1-3-12-20(4-2)29(21-13-8-7-9-14-21)24-27-17-19(18-28-24)23(31)26-16-11-6-5-10-15-22(25)30;1-3-2;1-2;/h3-4,7-9,12-14,17-18H,5-6,10-11,15-16H2,1-2H3,(H2,25,30)(H,26,31);3H2,1-2H3;1-2H3;1H4/b12-3-,20-4+;;;. The number of carbonyl (C=O) groups excluding carboxylic acids is 2. The number of aromatic nitrogens is 2. The molecule has 0 radical (unpaired) electrons. The molecule has 0 saturated heterocycles. The molecular weight excluding hydrogens is 462 g/mol. The molecule has 0 atom stereocenters. The third-order valence-corrected chi connectivity index (χ3v) is 4.64. The number of rotatable bonds is 12. The molecule has 1 aromatic carbocycles. The van der Waals surface area contributed by atoms with E-state index in [1.54, 1.807) is 12.4 Å². The number of hydrogen-bond acceptors (Lipinski definition) is 5. The molecule has 0 aliphatic heterocycles. The summed E-state index contributed by atoms with van der Waals surface area (Å²) in [5.41, 5.74) is 7.40. The maximum absolute atomic E-state index is 12.4. The first-order valence-electron chi connectivity index (χ1n) is 13.0. The van der Waals surface area contributed by atoms with Crippen molar-refractivity contribution in [2.24, 2.45) is 5.73 Å². The van der Waals surface area contributed by atoms with Crippen molar-refractivity contribution < 1.29 is 9.59 Å². The number of para-hydroxylation sites is 1. The monoisotopic (exact) mass is 511 g/mol. The molecule has 1 heterocycles. The summed E-state index contributed by atoms with van der Waals surface area (Å²) in [5.74, 6) is 0.0212. The Kier molecular flexibility index (Phi) is 22.1. The van der Waals surface area contributed by atoms with Gasteiger partial charge in [-0.1, -0.05) is 84.7 Å². The third-order valence-electron chi connectivity index (χ3n) is 4.64. The van der Waals surface area contributed by atoms with Crippen LogP contribution < -0.4 is 16.0 Å². The van der Waals surface area contributed by atoms with Gasteiger partial charge in [0.05, 0.1) is 5.56 Å². The van der Waals surface area contributed by atoms with Crippen LogP contribution in [-0.2, 0) is 4.79 Å². The normalized spacial score (nSPS) is 10.3. The Morgan fingerprint density at radius 1 is 0.973 bits per heavy atom. The van der Waals surface area contributed by atoms with E-state index in [4.69, 9.17) is 5.73 Å². The smallest absolute Gasteiger partial charge is 0.254 e. The molecule has 2 amide bonds. The molecule has 7 nitrogen and oxygen atoms in total. The summed E-state index contributed by atoms with van der Waals surface area (Å²) in [7, 11) is 0. The lowest BCUT2D eigenvalue weighted by Crippen LogP contribution is -2.25. The van der Waals surface area contributed by atoms with E-state index >= 15 is 0 Å². The summed E-state index contributed by atoms with van der Waals surface area (Å²) in [6.07, 6.45) is 14.2. The quantitative estimate of drug-likeness (QED) is 0.229. The SMILES string of the molecule is C.C/C=C\C(=C/C)N(c1ccccc1)c1ncc(C(=O)NCCCCCCC(N)=O)cn1.CC.CCC. The molecule has 0 bridgehead atoms. The largest absolute Gasteiger partial charge is 0.370 e. The fourth-order valence-electron chi connectivity index (χ4n) is 3.06. The van der Waals surface area contributed by atoms with Gasteiger partial charge in [-0.15, -0.1) is 0 Å². The summed E-state index contributed by atoms with van der Waals surface area (Å²) in [5, 5.41) is 2.89. The van der Waals surface area contributed by atoms with Crippen molar-refractivity contribution in [1.29, 1.82) is 0 Å². The van der Waals surface area contributed by atoms with Crippen LogP contribution in [0.2, 0.25) is 0 Å². The van der Waals surface area contributed by atoms with Gasteiger partial charge in [-0.2, -0.15) is 0 Å². The molecule has 1 aromatic heterocycles. The summed E-state index contributed by atoms with van der Waals surface area (Å²) in [6.45, 7) is 12.7. The average Bonchev–Trinajstić information content (AvgIpc) is 2.90. The van der Waals surface area contributed by atoms with Crippen LogP contribution in [0.15, 0.2) is 66.7 Å². The van der Waals surface area contributed by atoms with Gasteiger partial charge in [-0.05, 0) is 44.9 Å². The Labute approximate surface area is 225 Å². The summed E-state index contributed by atoms with van der Waals surface area (Å²) in [6, 6.07) is 9.85. The minimum Gasteiger partial charge on any atom is -0.370 e. The molecule has 206 valence electrons. The Balaban J connectivity index is 0. The van der Waals surface area contributed by atoms with Gasteiger partial charge in [0.1, 0.15) is 0 Å². The zero-order valence-electron chi connectivity index (χ0n) is 23.0. The Bertz CT molecular complexity index is 909. The lowest BCUT2D eigenvalue weighted by atomic mass is 10.1. The predicted molar refractivity (Wildman–Crippen MR) is 158 cm³/mol. The molecule has 37 heavy (non-hydrogen) atoms. The third kappa shape index (κ3) is 14.6. The molecule has 3 N–H and O–H groups in total. The second kappa shape index (κ2) is 23.0. The van der Waals surface area contributed by atoms with Crippen molar-refractivity contribution in [3.8, 4) is 0 Å². The first-order valence-corrected chi connectivity index (χ1v) is 13.0. The lowest BCUT2D eigenvalue weighted by molar-refractivity contribution is -0.118. The number of nitrogens with two attached hydrogens (primary N) is 1. The minimum absolute atomic E-state index is 0. The number of hydrogen-bond donors (Lipinski definition) is 2. The van der Waals surface area contributed by atoms with Gasteiger partial charge in [-0.3, -0.25) is 14.5 Å². The highest BCUT2D eigenvalue weighted by molar-refractivity contribution is 5.93.